The van der Waals surface area contributed by atoms with Crippen LogP contribution in [0.1, 0.15) is 70.3 Å². The number of benzene rings is 2. The topological polar surface area (TPSA) is 142 Å². The van der Waals surface area contributed by atoms with Crippen molar-refractivity contribution in [3.05, 3.63) is 54.1 Å². The van der Waals surface area contributed by atoms with E-state index in [4.69, 9.17) is 9.88 Å². The number of ether oxygens (including phenoxy) is 1. The number of carbonyl (C=O) groups excluding carboxylic acids is 2. The van der Waals surface area contributed by atoms with Gasteiger partial charge in [0.1, 0.15) is 23.1 Å². The van der Waals surface area contributed by atoms with Crippen molar-refractivity contribution in [1.82, 2.24) is 15.1 Å². The van der Waals surface area contributed by atoms with E-state index in [1.54, 1.807) is 12.1 Å². The first-order valence-electron chi connectivity index (χ1n) is 15.5. The fraction of sp³-hybridized carbons (Fsp3) is 0.562. The summed E-state index contributed by atoms with van der Waals surface area (Å²) >= 11 is 0. The Kier molecular flexibility index (Phi) is 11.3. The standard InChI is InChI=1S/C32H44N4O6S.ClH/c1-2-3-19-36-30(38)28(29(37)24-7-5-4-6-8-24)34-31(39)32(36)17-20-35(21-18-32)22-23-9-11-25(12-10-23)42-26-13-15-27(16-14-26)43(33,40)41;/h9-16,24,28-29,37H,2-8,17-22H2,1H3,(H,34,39)(H2,33,40,41);1H/t28-,29-;/m1./s1. The fourth-order valence-electron chi connectivity index (χ4n) is 6.79. The van der Waals surface area contributed by atoms with Gasteiger partial charge in [-0.3, -0.25) is 14.5 Å². The normalized spacial score (nSPS) is 21.9. The highest BCUT2D eigenvalue weighted by Crippen LogP contribution is 2.36. The van der Waals surface area contributed by atoms with Gasteiger partial charge in [-0.2, -0.15) is 0 Å². The second-order valence-electron chi connectivity index (χ2n) is 12.3. The third-order valence-electron chi connectivity index (χ3n) is 9.37. The number of primary sulfonamides is 1. The average Bonchev–Trinajstić information content (AvgIpc) is 3.01. The van der Waals surface area contributed by atoms with Crippen molar-refractivity contribution in [3.63, 3.8) is 0 Å². The molecule has 44 heavy (non-hydrogen) atoms. The second-order valence-corrected chi connectivity index (χ2v) is 13.8. The zero-order valence-electron chi connectivity index (χ0n) is 25.3. The summed E-state index contributed by atoms with van der Waals surface area (Å²) in [5.74, 6) is 0.927. The summed E-state index contributed by atoms with van der Waals surface area (Å²) in [5.41, 5.74) is 0.220. The Morgan fingerprint density at radius 3 is 2.16 bits per heavy atom. The molecule has 3 aliphatic rings. The summed E-state index contributed by atoms with van der Waals surface area (Å²) in [6.07, 6.45) is 7.08. The van der Waals surface area contributed by atoms with Gasteiger partial charge in [-0.05, 0) is 80.0 Å². The van der Waals surface area contributed by atoms with Crippen molar-refractivity contribution in [2.45, 2.75) is 93.8 Å². The molecule has 0 radical (unpaired) electrons. The van der Waals surface area contributed by atoms with Gasteiger partial charge < -0.3 is 20.1 Å². The lowest BCUT2D eigenvalue weighted by molar-refractivity contribution is -0.166. The average molecular weight is 649 g/mol. The van der Waals surface area contributed by atoms with Gasteiger partial charge in [-0.15, -0.1) is 12.4 Å². The summed E-state index contributed by atoms with van der Waals surface area (Å²) in [5, 5.41) is 19.3. The number of aliphatic hydroxyl groups excluding tert-OH is 1. The molecule has 1 aliphatic carbocycles. The van der Waals surface area contributed by atoms with Gasteiger partial charge in [0.05, 0.1) is 11.0 Å². The van der Waals surface area contributed by atoms with Crippen LogP contribution in [0.4, 0.5) is 0 Å². The Hall–Kier alpha value is -2.70. The molecule has 2 saturated heterocycles. The minimum absolute atomic E-state index is 0. The summed E-state index contributed by atoms with van der Waals surface area (Å²) < 4.78 is 28.8. The number of sulfonamides is 1. The first kappa shape index (κ1) is 34.2. The van der Waals surface area contributed by atoms with Crippen molar-refractivity contribution >= 4 is 34.2 Å². The van der Waals surface area contributed by atoms with Crippen molar-refractivity contribution in [1.29, 1.82) is 0 Å². The number of likely N-dealkylation sites (tertiary alicyclic amines) is 1. The lowest BCUT2D eigenvalue weighted by Gasteiger charge is -2.52. The molecule has 2 aromatic rings. The maximum atomic E-state index is 13.8. The molecule has 4 N–H and O–H groups in total. The van der Waals surface area contributed by atoms with Gasteiger partial charge in [-0.1, -0.05) is 44.7 Å². The van der Waals surface area contributed by atoms with Crippen LogP contribution in [0.2, 0.25) is 0 Å². The Labute approximate surface area is 266 Å². The van der Waals surface area contributed by atoms with E-state index < -0.39 is 27.7 Å². The van der Waals surface area contributed by atoms with Crippen LogP contribution in [0.5, 0.6) is 11.5 Å². The highest BCUT2D eigenvalue weighted by molar-refractivity contribution is 7.89. The highest BCUT2D eigenvalue weighted by atomic mass is 35.5. The molecule has 2 aromatic carbocycles. The minimum Gasteiger partial charge on any atom is -0.457 e. The van der Waals surface area contributed by atoms with E-state index >= 15 is 0 Å². The van der Waals surface area contributed by atoms with Crippen molar-refractivity contribution in [2.75, 3.05) is 19.6 Å². The molecule has 0 bridgehead atoms. The van der Waals surface area contributed by atoms with Crippen LogP contribution in [0.25, 0.3) is 0 Å². The molecule has 12 heteroatoms. The molecular weight excluding hydrogens is 604 g/mol. The number of hydrogen-bond acceptors (Lipinski definition) is 7. The third kappa shape index (κ3) is 7.56. The predicted molar refractivity (Wildman–Crippen MR) is 170 cm³/mol. The van der Waals surface area contributed by atoms with Gasteiger partial charge in [0, 0.05) is 26.2 Å². The zero-order chi connectivity index (χ0) is 30.6. The van der Waals surface area contributed by atoms with Gasteiger partial charge in [0.15, 0.2) is 0 Å². The van der Waals surface area contributed by atoms with E-state index in [9.17, 15) is 23.1 Å². The number of aliphatic hydroxyl groups is 1. The molecule has 242 valence electrons. The number of nitrogens with one attached hydrogen (secondary N) is 1. The summed E-state index contributed by atoms with van der Waals surface area (Å²) in [6.45, 7) is 4.66. The Balaban J connectivity index is 0.00000442. The lowest BCUT2D eigenvalue weighted by atomic mass is 9.78. The van der Waals surface area contributed by atoms with Crippen molar-refractivity contribution in [3.8, 4) is 11.5 Å². The van der Waals surface area contributed by atoms with E-state index in [0.717, 1.165) is 50.5 Å². The van der Waals surface area contributed by atoms with Crippen LogP contribution in [-0.2, 0) is 26.2 Å². The summed E-state index contributed by atoms with van der Waals surface area (Å²) in [6, 6.07) is 12.8. The number of halogens is 1. The number of piperazine rings is 1. The number of carbonyl (C=O) groups is 2. The number of amides is 2. The monoisotopic (exact) mass is 648 g/mol. The third-order valence-corrected chi connectivity index (χ3v) is 10.3. The van der Waals surface area contributed by atoms with E-state index in [1.807, 2.05) is 29.2 Å². The molecule has 2 aliphatic heterocycles. The quantitative estimate of drug-likeness (QED) is 0.354. The Morgan fingerprint density at radius 1 is 1.00 bits per heavy atom. The minimum atomic E-state index is -3.76. The van der Waals surface area contributed by atoms with Crippen LogP contribution in [0.3, 0.4) is 0 Å². The fourth-order valence-corrected chi connectivity index (χ4v) is 7.31. The Morgan fingerprint density at radius 2 is 1.59 bits per heavy atom. The van der Waals surface area contributed by atoms with Crippen LogP contribution in [-0.4, -0.2) is 72.5 Å². The summed E-state index contributed by atoms with van der Waals surface area (Å²) in [7, 11) is -3.76. The first-order valence-corrected chi connectivity index (χ1v) is 17.1. The van der Waals surface area contributed by atoms with E-state index in [-0.39, 0.29) is 35.0 Å². The molecule has 2 atom stereocenters. The predicted octanol–water partition coefficient (Wildman–Crippen LogP) is 3.95. The molecule has 3 fully saturated rings. The molecule has 2 amide bonds. The van der Waals surface area contributed by atoms with Crippen LogP contribution in [0, 0.1) is 5.92 Å². The molecule has 5 rings (SSSR count). The maximum absolute atomic E-state index is 13.8. The highest BCUT2D eigenvalue weighted by Gasteiger charge is 2.55. The van der Waals surface area contributed by atoms with E-state index in [0.29, 0.717) is 50.5 Å². The first-order chi connectivity index (χ1) is 20.6. The van der Waals surface area contributed by atoms with Crippen LogP contribution in [0.15, 0.2) is 53.4 Å². The molecule has 0 unspecified atom stereocenters. The number of hydrogen-bond donors (Lipinski definition) is 3. The van der Waals surface area contributed by atoms with Gasteiger partial charge >= 0.3 is 0 Å². The lowest BCUT2D eigenvalue weighted by Crippen LogP contribution is -2.75. The summed E-state index contributed by atoms with van der Waals surface area (Å²) in [4.78, 5) is 31.7. The number of nitrogens with zero attached hydrogens (tertiary/aromatic N) is 2. The Bertz CT molecular complexity index is 1370. The van der Waals surface area contributed by atoms with Crippen molar-refractivity contribution < 1.29 is 27.9 Å². The maximum Gasteiger partial charge on any atom is 0.248 e. The van der Waals surface area contributed by atoms with E-state index in [1.165, 1.54) is 12.1 Å². The van der Waals surface area contributed by atoms with Crippen LogP contribution >= 0.6 is 12.4 Å². The molecular formula is C32H45ClN4O6S. The molecule has 1 spiro atoms. The van der Waals surface area contributed by atoms with Crippen LogP contribution < -0.4 is 15.2 Å². The number of piperidine rings is 1. The molecule has 10 nitrogen and oxygen atoms in total. The largest absolute Gasteiger partial charge is 0.457 e. The molecule has 2 heterocycles. The number of nitrogens with two attached hydrogens (primary N) is 1. The van der Waals surface area contributed by atoms with E-state index in [2.05, 4.69) is 17.1 Å². The SMILES string of the molecule is CCCCN1C(=O)[C@@H]([C@H](O)C2CCCCC2)NC(=O)C12CCN(Cc1ccc(Oc3ccc(S(N)(=O)=O)cc3)cc1)CC2.Cl. The zero-order valence-corrected chi connectivity index (χ0v) is 27.0. The number of rotatable bonds is 10. The van der Waals surface area contributed by atoms with Crippen molar-refractivity contribution in [2.24, 2.45) is 11.1 Å². The smallest absolute Gasteiger partial charge is 0.248 e. The second kappa shape index (κ2) is 14.6. The molecule has 0 aromatic heterocycles. The van der Waals surface area contributed by atoms with Gasteiger partial charge in [0.2, 0.25) is 21.8 Å². The van der Waals surface area contributed by atoms with Gasteiger partial charge in [0.25, 0.3) is 0 Å². The molecule has 1 saturated carbocycles. The number of unbranched alkanes of at least 4 members (excludes halogenated alkanes) is 1. The van der Waals surface area contributed by atoms with Gasteiger partial charge in [-0.25, -0.2) is 13.6 Å².